The van der Waals surface area contributed by atoms with Gasteiger partial charge in [-0.1, -0.05) is 42.2 Å². The molecular formula is C24H25ClN4O2S. The first kappa shape index (κ1) is 22.3. The molecule has 1 atom stereocenters. The molecule has 1 unspecified atom stereocenters. The van der Waals surface area contributed by atoms with E-state index >= 15 is 0 Å². The highest BCUT2D eigenvalue weighted by atomic mass is 35.5. The van der Waals surface area contributed by atoms with Gasteiger partial charge in [0, 0.05) is 22.8 Å². The average molecular weight is 469 g/mol. The van der Waals surface area contributed by atoms with Gasteiger partial charge in [-0.2, -0.15) is 4.98 Å². The zero-order chi connectivity index (χ0) is 22.7. The summed E-state index contributed by atoms with van der Waals surface area (Å²) in [6.07, 6.45) is 2.09. The Balaban J connectivity index is 1.78. The van der Waals surface area contributed by atoms with Gasteiger partial charge in [0.1, 0.15) is 5.75 Å². The van der Waals surface area contributed by atoms with Crippen molar-refractivity contribution in [2.24, 2.45) is 0 Å². The maximum absolute atomic E-state index is 6.29. The Morgan fingerprint density at radius 1 is 1.22 bits per heavy atom. The van der Waals surface area contributed by atoms with Crippen LogP contribution in [-0.2, 0) is 0 Å². The predicted molar refractivity (Wildman–Crippen MR) is 130 cm³/mol. The van der Waals surface area contributed by atoms with Gasteiger partial charge in [0.05, 0.1) is 18.7 Å². The van der Waals surface area contributed by atoms with Crippen LogP contribution in [0.4, 0.5) is 0 Å². The Bertz CT molecular complexity index is 1140. The van der Waals surface area contributed by atoms with Crippen molar-refractivity contribution in [3.8, 4) is 17.1 Å². The van der Waals surface area contributed by atoms with Crippen molar-refractivity contribution >= 4 is 34.5 Å². The monoisotopic (exact) mass is 468 g/mol. The van der Waals surface area contributed by atoms with Gasteiger partial charge in [-0.3, -0.25) is 0 Å². The standard InChI is InChI=1S/C24H25ClN4O2S/c1-4-5-13-29-15(2)20(21(26-24(29)32)17-7-6-8-18(25)14-17)23-27-22(28-31-23)16-9-11-19(30-3)12-10-16/h6-12,14,21H,4-5,13H2,1-3H3,(H,26,32). The van der Waals surface area contributed by atoms with E-state index in [1.807, 2.05) is 55.5 Å². The van der Waals surface area contributed by atoms with E-state index in [9.17, 15) is 0 Å². The molecule has 2 heterocycles. The molecule has 0 aliphatic carbocycles. The lowest BCUT2D eigenvalue weighted by Crippen LogP contribution is -2.46. The van der Waals surface area contributed by atoms with Gasteiger partial charge in [0.25, 0.3) is 5.89 Å². The molecule has 166 valence electrons. The maximum Gasteiger partial charge on any atom is 0.258 e. The van der Waals surface area contributed by atoms with E-state index in [1.165, 1.54) is 0 Å². The highest BCUT2D eigenvalue weighted by molar-refractivity contribution is 7.80. The Labute approximate surface area is 198 Å². The Kier molecular flexibility index (Phi) is 6.77. The van der Waals surface area contributed by atoms with Crippen molar-refractivity contribution in [3.05, 3.63) is 70.7 Å². The number of thiocarbonyl (C=S) groups is 1. The van der Waals surface area contributed by atoms with Gasteiger partial charge >= 0.3 is 0 Å². The van der Waals surface area contributed by atoms with Crippen LogP contribution in [0.5, 0.6) is 5.75 Å². The van der Waals surface area contributed by atoms with Crippen molar-refractivity contribution in [1.82, 2.24) is 20.4 Å². The molecule has 2 aromatic carbocycles. The topological polar surface area (TPSA) is 63.4 Å². The third-order valence-corrected chi connectivity index (χ3v) is 6.09. The lowest BCUT2D eigenvalue weighted by molar-refractivity contribution is 0.395. The van der Waals surface area contributed by atoms with Crippen molar-refractivity contribution in [3.63, 3.8) is 0 Å². The first-order valence-corrected chi connectivity index (χ1v) is 11.3. The molecule has 0 fully saturated rings. The van der Waals surface area contributed by atoms with Crippen molar-refractivity contribution in [1.29, 1.82) is 0 Å². The molecule has 1 N–H and O–H groups in total. The Hall–Kier alpha value is -2.90. The van der Waals surface area contributed by atoms with Crippen molar-refractivity contribution in [2.45, 2.75) is 32.7 Å². The third-order valence-electron chi connectivity index (χ3n) is 5.52. The van der Waals surface area contributed by atoms with Crippen LogP contribution in [0.25, 0.3) is 17.0 Å². The SMILES string of the molecule is CCCCN1C(=S)NC(c2cccc(Cl)c2)C(c2nc(-c3ccc(OC)cc3)no2)=C1C. The van der Waals surface area contributed by atoms with Gasteiger partial charge in [-0.15, -0.1) is 0 Å². The van der Waals surface area contributed by atoms with Gasteiger partial charge in [0.15, 0.2) is 5.11 Å². The van der Waals surface area contributed by atoms with Crippen molar-refractivity contribution < 1.29 is 9.26 Å². The van der Waals surface area contributed by atoms with Crippen LogP contribution in [0.3, 0.4) is 0 Å². The number of rotatable bonds is 7. The Morgan fingerprint density at radius 2 is 2.00 bits per heavy atom. The summed E-state index contributed by atoms with van der Waals surface area (Å²) in [5.41, 5.74) is 3.72. The summed E-state index contributed by atoms with van der Waals surface area (Å²) < 4.78 is 11.0. The van der Waals surface area contributed by atoms with E-state index in [1.54, 1.807) is 7.11 Å². The van der Waals surface area contributed by atoms with Gasteiger partial charge in [0.2, 0.25) is 5.82 Å². The van der Waals surface area contributed by atoms with Crippen LogP contribution in [0, 0.1) is 0 Å². The fourth-order valence-corrected chi connectivity index (χ4v) is 4.32. The number of allylic oxidation sites excluding steroid dienone is 1. The lowest BCUT2D eigenvalue weighted by Gasteiger charge is -2.37. The normalized spacial score (nSPS) is 16.3. The average Bonchev–Trinajstić information content (AvgIpc) is 3.28. The van der Waals surface area contributed by atoms with E-state index in [-0.39, 0.29) is 6.04 Å². The number of ether oxygens (including phenoxy) is 1. The Morgan fingerprint density at radius 3 is 2.69 bits per heavy atom. The minimum absolute atomic E-state index is 0.247. The number of benzene rings is 2. The fourth-order valence-electron chi connectivity index (χ4n) is 3.77. The summed E-state index contributed by atoms with van der Waals surface area (Å²) in [4.78, 5) is 6.83. The second kappa shape index (κ2) is 9.71. The third kappa shape index (κ3) is 4.49. The van der Waals surface area contributed by atoms with Crippen LogP contribution in [-0.4, -0.2) is 33.8 Å². The number of hydrogen-bond acceptors (Lipinski definition) is 5. The summed E-state index contributed by atoms with van der Waals surface area (Å²) >= 11 is 12.0. The molecule has 1 aliphatic heterocycles. The fraction of sp³-hybridized carbons (Fsp3) is 0.292. The molecule has 0 amide bonds. The van der Waals surface area contributed by atoms with E-state index in [0.29, 0.717) is 21.9 Å². The summed E-state index contributed by atoms with van der Waals surface area (Å²) in [7, 11) is 1.64. The molecule has 0 radical (unpaired) electrons. The van der Waals surface area contributed by atoms with Crippen LogP contribution in [0.1, 0.15) is 44.2 Å². The highest BCUT2D eigenvalue weighted by Crippen LogP contribution is 2.38. The number of nitrogens with zero attached hydrogens (tertiary/aromatic N) is 3. The number of hydrogen-bond donors (Lipinski definition) is 1. The summed E-state index contributed by atoms with van der Waals surface area (Å²) in [5.74, 6) is 1.74. The van der Waals surface area contributed by atoms with Crippen LogP contribution in [0.15, 0.2) is 58.8 Å². The molecule has 32 heavy (non-hydrogen) atoms. The van der Waals surface area contributed by atoms with Crippen molar-refractivity contribution in [2.75, 3.05) is 13.7 Å². The summed E-state index contributed by atoms with van der Waals surface area (Å²) in [6, 6.07) is 15.0. The summed E-state index contributed by atoms with van der Waals surface area (Å²) in [6.45, 7) is 5.03. The quantitative estimate of drug-likeness (QED) is 0.435. The molecule has 0 saturated heterocycles. The first-order chi connectivity index (χ1) is 15.5. The zero-order valence-electron chi connectivity index (χ0n) is 18.3. The molecule has 0 spiro atoms. The minimum Gasteiger partial charge on any atom is -0.497 e. The minimum atomic E-state index is -0.247. The van der Waals surface area contributed by atoms with Gasteiger partial charge < -0.3 is 19.5 Å². The molecule has 1 aliphatic rings. The number of methoxy groups -OCH3 is 1. The lowest BCUT2D eigenvalue weighted by atomic mass is 9.94. The number of nitrogens with one attached hydrogen (secondary N) is 1. The number of halogens is 1. The van der Waals surface area contributed by atoms with E-state index < -0.39 is 0 Å². The zero-order valence-corrected chi connectivity index (χ0v) is 19.8. The molecule has 8 heteroatoms. The van der Waals surface area contributed by atoms with E-state index in [0.717, 1.165) is 47.5 Å². The molecule has 3 aromatic rings. The molecule has 0 saturated carbocycles. The smallest absolute Gasteiger partial charge is 0.258 e. The van der Waals surface area contributed by atoms with Gasteiger partial charge in [-0.25, -0.2) is 0 Å². The number of unbranched alkanes of at least 4 members (excludes halogenated alkanes) is 1. The number of aromatic nitrogens is 2. The highest BCUT2D eigenvalue weighted by Gasteiger charge is 2.34. The summed E-state index contributed by atoms with van der Waals surface area (Å²) in [5, 5.41) is 9.03. The molecule has 1 aromatic heterocycles. The van der Waals surface area contributed by atoms with Gasteiger partial charge in [-0.05, 0) is 67.5 Å². The largest absolute Gasteiger partial charge is 0.497 e. The maximum atomic E-state index is 6.29. The van der Waals surface area contributed by atoms with E-state index in [4.69, 9.17) is 38.1 Å². The second-order valence-electron chi connectivity index (χ2n) is 7.59. The molecule has 0 bridgehead atoms. The molecular weight excluding hydrogens is 444 g/mol. The molecule has 6 nitrogen and oxygen atoms in total. The van der Waals surface area contributed by atoms with Crippen LogP contribution in [0.2, 0.25) is 5.02 Å². The van der Waals surface area contributed by atoms with Crippen LogP contribution < -0.4 is 10.1 Å². The second-order valence-corrected chi connectivity index (χ2v) is 8.42. The van der Waals surface area contributed by atoms with E-state index in [2.05, 4.69) is 22.3 Å². The van der Waals surface area contributed by atoms with Crippen LogP contribution >= 0.6 is 23.8 Å². The first-order valence-electron chi connectivity index (χ1n) is 10.5. The predicted octanol–water partition coefficient (Wildman–Crippen LogP) is 5.86. The molecule has 4 rings (SSSR count).